The van der Waals surface area contributed by atoms with Gasteiger partial charge in [-0.2, -0.15) is 5.26 Å². The molecule has 0 bridgehead atoms. The lowest BCUT2D eigenvalue weighted by Gasteiger charge is -2.25. The summed E-state index contributed by atoms with van der Waals surface area (Å²) in [5.41, 5.74) is 1.74. The van der Waals surface area contributed by atoms with Crippen LogP contribution in [-0.2, 0) is 0 Å². The Hall–Kier alpha value is -1.57. The summed E-state index contributed by atoms with van der Waals surface area (Å²) in [5, 5.41) is 21.4. The van der Waals surface area contributed by atoms with Crippen molar-refractivity contribution in [3.8, 4) is 6.07 Å². The summed E-state index contributed by atoms with van der Waals surface area (Å²) in [6.45, 7) is 2.82. The standard InChI is InChI=1S/C13H17N3O/c14-8-11-3-1-4-13(7-11)16-6-2-5-15-12(9-16)10-17/h1,3-4,7,12,15,17H,2,5-6,9-10H2. The zero-order valence-corrected chi connectivity index (χ0v) is 9.76. The predicted octanol–water partition coefficient (Wildman–Crippen LogP) is 0.719. The summed E-state index contributed by atoms with van der Waals surface area (Å²) in [7, 11) is 0. The van der Waals surface area contributed by atoms with Crippen molar-refractivity contribution in [2.45, 2.75) is 12.5 Å². The van der Waals surface area contributed by atoms with E-state index in [4.69, 9.17) is 5.26 Å². The van der Waals surface area contributed by atoms with Gasteiger partial charge in [0.15, 0.2) is 0 Å². The van der Waals surface area contributed by atoms with Crippen molar-refractivity contribution in [1.29, 1.82) is 5.26 Å². The molecule has 1 atom stereocenters. The molecule has 4 heteroatoms. The Labute approximate surface area is 101 Å². The molecule has 1 heterocycles. The summed E-state index contributed by atoms with van der Waals surface area (Å²) in [5.74, 6) is 0. The van der Waals surface area contributed by atoms with E-state index in [1.54, 1.807) is 0 Å². The van der Waals surface area contributed by atoms with E-state index in [0.29, 0.717) is 5.56 Å². The molecule has 1 saturated heterocycles. The van der Waals surface area contributed by atoms with Crippen LogP contribution in [0.15, 0.2) is 24.3 Å². The van der Waals surface area contributed by atoms with Gasteiger partial charge in [-0.3, -0.25) is 0 Å². The number of rotatable bonds is 2. The van der Waals surface area contributed by atoms with Crippen LogP contribution >= 0.6 is 0 Å². The predicted molar refractivity (Wildman–Crippen MR) is 66.9 cm³/mol. The van der Waals surface area contributed by atoms with E-state index in [-0.39, 0.29) is 12.6 Å². The largest absolute Gasteiger partial charge is 0.395 e. The molecule has 1 aromatic carbocycles. The molecule has 0 spiro atoms. The van der Waals surface area contributed by atoms with Gasteiger partial charge in [-0.15, -0.1) is 0 Å². The van der Waals surface area contributed by atoms with Crippen molar-refractivity contribution in [1.82, 2.24) is 5.32 Å². The zero-order valence-electron chi connectivity index (χ0n) is 9.76. The first kappa shape index (κ1) is 11.9. The van der Waals surface area contributed by atoms with Crippen LogP contribution < -0.4 is 10.2 Å². The van der Waals surface area contributed by atoms with Gasteiger partial charge in [0.25, 0.3) is 0 Å². The average Bonchev–Trinajstić information content (AvgIpc) is 2.64. The minimum atomic E-state index is 0.114. The fourth-order valence-corrected chi connectivity index (χ4v) is 2.13. The van der Waals surface area contributed by atoms with Crippen molar-refractivity contribution in [2.75, 3.05) is 31.1 Å². The Bertz CT molecular complexity index is 413. The first-order valence-corrected chi connectivity index (χ1v) is 5.93. The molecule has 4 nitrogen and oxygen atoms in total. The Morgan fingerprint density at radius 1 is 1.53 bits per heavy atom. The molecule has 1 unspecified atom stereocenters. The second kappa shape index (κ2) is 5.67. The lowest BCUT2D eigenvalue weighted by atomic mass is 10.2. The smallest absolute Gasteiger partial charge is 0.0992 e. The molecule has 0 amide bonds. The molecule has 2 N–H and O–H groups in total. The summed E-state index contributed by atoms with van der Waals surface area (Å²) in [6, 6.07) is 9.90. The van der Waals surface area contributed by atoms with Gasteiger partial charge in [-0.05, 0) is 31.2 Å². The number of hydrogen-bond acceptors (Lipinski definition) is 4. The van der Waals surface area contributed by atoms with Crippen molar-refractivity contribution in [3.05, 3.63) is 29.8 Å². The van der Waals surface area contributed by atoms with Crippen LogP contribution in [0.1, 0.15) is 12.0 Å². The fraction of sp³-hybridized carbons (Fsp3) is 0.462. The van der Waals surface area contributed by atoms with Gasteiger partial charge in [0, 0.05) is 24.8 Å². The van der Waals surface area contributed by atoms with Gasteiger partial charge in [0.05, 0.1) is 18.2 Å². The normalized spacial score (nSPS) is 20.7. The van der Waals surface area contributed by atoms with Gasteiger partial charge >= 0.3 is 0 Å². The highest BCUT2D eigenvalue weighted by Gasteiger charge is 2.17. The molecule has 17 heavy (non-hydrogen) atoms. The molecule has 1 aromatic rings. The zero-order chi connectivity index (χ0) is 12.1. The summed E-state index contributed by atoms with van der Waals surface area (Å²) in [4.78, 5) is 2.22. The Balaban J connectivity index is 2.16. The molecular weight excluding hydrogens is 214 g/mol. The Morgan fingerprint density at radius 3 is 3.18 bits per heavy atom. The fourth-order valence-electron chi connectivity index (χ4n) is 2.13. The molecule has 1 fully saturated rings. The number of aliphatic hydroxyl groups is 1. The van der Waals surface area contributed by atoms with E-state index in [2.05, 4.69) is 16.3 Å². The van der Waals surface area contributed by atoms with Crippen LogP contribution in [0, 0.1) is 11.3 Å². The number of nitrogens with zero attached hydrogens (tertiary/aromatic N) is 2. The molecule has 2 rings (SSSR count). The molecular formula is C13H17N3O. The van der Waals surface area contributed by atoms with Crippen LogP contribution in [0.25, 0.3) is 0 Å². The second-order valence-corrected chi connectivity index (χ2v) is 4.30. The van der Waals surface area contributed by atoms with Gasteiger partial charge in [0.2, 0.25) is 0 Å². The molecule has 1 aliphatic heterocycles. The summed E-state index contributed by atoms with van der Waals surface area (Å²) >= 11 is 0. The van der Waals surface area contributed by atoms with Gasteiger partial charge in [-0.25, -0.2) is 0 Å². The van der Waals surface area contributed by atoms with Crippen molar-refractivity contribution >= 4 is 5.69 Å². The van der Waals surface area contributed by atoms with E-state index in [9.17, 15) is 5.11 Å². The second-order valence-electron chi connectivity index (χ2n) is 4.30. The van der Waals surface area contributed by atoms with Gasteiger partial charge < -0.3 is 15.3 Å². The minimum absolute atomic E-state index is 0.114. The molecule has 1 aliphatic rings. The third kappa shape index (κ3) is 2.96. The van der Waals surface area contributed by atoms with Crippen molar-refractivity contribution < 1.29 is 5.11 Å². The minimum Gasteiger partial charge on any atom is -0.395 e. The van der Waals surface area contributed by atoms with Crippen molar-refractivity contribution in [2.24, 2.45) is 0 Å². The molecule has 90 valence electrons. The Kier molecular flexibility index (Phi) is 3.97. The highest BCUT2D eigenvalue weighted by atomic mass is 16.3. The van der Waals surface area contributed by atoms with E-state index in [0.717, 1.165) is 31.7 Å². The topological polar surface area (TPSA) is 59.3 Å². The van der Waals surface area contributed by atoms with Crippen LogP contribution in [-0.4, -0.2) is 37.4 Å². The highest BCUT2D eigenvalue weighted by molar-refractivity contribution is 5.51. The number of nitriles is 1. The van der Waals surface area contributed by atoms with E-state index in [1.165, 1.54) is 0 Å². The van der Waals surface area contributed by atoms with Gasteiger partial charge in [-0.1, -0.05) is 6.07 Å². The first-order chi connectivity index (χ1) is 8.33. The number of hydrogen-bond donors (Lipinski definition) is 2. The van der Waals surface area contributed by atoms with E-state index < -0.39 is 0 Å². The number of aliphatic hydroxyl groups excluding tert-OH is 1. The third-order valence-corrected chi connectivity index (χ3v) is 3.04. The Morgan fingerprint density at radius 2 is 2.41 bits per heavy atom. The maximum absolute atomic E-state index is 9.24. The maximum Gasteiger partial charge on any atom is 0.0992 e. The van der Waals surface area contributed by atoms with Crippen LogP contribution in [0.5, 0.6) is 0 Å². The lowest BCUT2D eigenvalue weighted by molar-refractivity contribution is 0.248. The molecule has 0 radical (unpaired) electrons. The first-order valence-electron chi connectivity index (χ1n) is 5.93. The van der Waals surface area contributed by atoms with Crippen LogP contribution in [0.2, 0.25) is 0 Å². The average molecular weight is 231 g/mol. The van der Waals surface area contributed by atoms with Crippen molar-refractivity contribution in [3.63, 3.8) is 0 Å². The van der Waals surface area contributed by atoms with E-state index in [1.807, 2.05) is 24.3 Å². The van der Waals surface area contributed by atoms with Gasteiger partial charge in [0.1, 0.15) is 0 Å². The molecule has 0 aliphatic carbocycles. The monoisotopic (exact) mass is 231 g/mol. The number of nitrogens with one attached hydrogen (secondary N) is 1. The number of anilines is 1. The lowest BCUT2D eigenvalue weighted by Crippen LogP contribution is -2.40. The van der Waals surface area contributed by atoms with E-state index >= 15 is 0 Å². The maximum atomic E-state index is 9.24. The SMILES string of the molecule is N#Cc1cccc(N2CCCNC(CO)C2)c1. The van der Waals surface area contributed by atoms with Crippen LogP contribution in [0.3, 0.4) is 0 Å². The quantitative estimate of drug-likeness (QED) is 0.787. The van der Waals surface area contributed by atoms with Crippen LogP contribution in [0.4, 0.5) is 5.69 Å². The molecule has 0 saturated carbocycles. The summed E-state index contributed by atoms with van der Waals surface area (Å²) < 4.78 is 0. The number of benzene rings is 1. The highest BCUT2D eigenvalue weighted by Crippen LogP contribution is 2.17. The summed E-state index contributed by atoms with van der Waals surface area (Å²) in [6.07, 6.45) is 1.05. The molecule has 0 aromatic heterocycles. The third-order valence-electron chi connectivity index (χ3n) is 3.04.